The van der Waals surface area contributed by atoms with Crippen LogP contribution in [0.25, 0.3) is 33.1 Å². The quantitative estimate of drug-likeness (QED) is 0.497. The normalized spacial score (nSPS) is 11.1. The smallest absolute Gasteiger partial charge is 0.336 e. The highest BCUT2D eigenvalue weighted by atomic mass is 16.4. The van der Waals surface area contributed by atoms with Gasteiger partial charge in [-0.2, -0.15) is 0 Å². The summed E-state index contributed by atoms with van der Waals surface area (Å²) in [5, 5.41) is 20.4. The zero-order valence-corrected chi connectivity index (χ0v) is 14.3. The van der Waals surface area contributed by atoms with Gasteiger partial charge >= 0.3 is 11.9 Å². The van der Waals surface area contributed by atoms with Crippen LogP contribution in [0.4, 0.5) is 0 Å². The van der Waals surface area contributed by atoms with Crippen LogP contribution in [-0.4, -0.2) is 32.1 Å². The Kier molecular flexibility index (Phi) is 4.08. The number of rotatable bonds is 5. The van der Waals surface area contributed by atoms with E-state index < -0.39 is 11.9 Å². The Morgan fingerprint density at radius 3 is 2.41 bits per heavy atom. The number of carboxylic acids is 2. The summed E-state index contributed by atoms with van der Waals surface area (Å²) in [7, 11) is 0. The van der Waals surface area contributed by atoms with Gasteiger partial charge in [-0.3, -0.25) is 4.79 Å². The van der Waals surface area contributed by atoms with Crippen molar-refractivity contribution < 1.29 is 19.8 Å². The van der Waals surface area contributed by atoms with Gasteiger partial charge in [0, 0.05) is 34.5 Å². The highest BCUT2D eigenvalue weighted by Crippen LogP contribution is 2.35. The molecule has 2 aromatic heterocycles. The predicted octanol–water partition coefficient (Wildman–Crippen LogP) is 4.10. The van der Waals surface area contributed by atoms with Gasteiger partial charge < -0.3 is 15.2 Å². The fourth-order valence-corrected chi connectivity index (χ4v) is 3.46. The molecule has 0 aliphatic carbocycles. The number of H-pyrrole nitrogens is 1. The maximum Gasteiger partial charge on any atom is 0.336 e. The van der Waals surface area contributed by atoms with Crippen LogP contribution in [0.5, 0.6) is 0 Å². The number of aromatic nitrogens is 2. The maximum absolute atomic E-state index is 12.1. The largest absolute Gasteiger partial charge is 0.481 e. The van der Waals surface area contributed by atoms with E-state index in [4.69, 9.17) is 10.1 Å². The van der Waals surface area contributed by atoms with E-state index in [-0.39, 0.29) is 18.4 Å². The second-order valence-electron chi connectivity index (χ2n) is 6.28. The van der Waals surface area contributed by atoms with Crippen LogP contribution in [0.15, 0.2) is 54.7 Å². The standard InChI is InChI=1S/C21H16N2O4/c24-18(25)10-9-14-19(21(26)27)13-6-2-4-8-17(13)23-20(14)15-11-22-16-7-3-1-5-12(15)16/h1-8,11,22H,9-10H2,(H,24,25)(H,26,27). The Balaban J connectivity index is 2.07. The molecule has 0 spiro atoms. The third-order valence-corrected chi connectivity index (χ3v) is 4.64. The minimum Gasteiger partial charge on any atom is -0.481 e. The number of nitrogens with one attached hydrogen (secondary N) is 1. The number of hydrogen-bond donors (Lipinski definition) is 3. The fourth-order valence-electron chi connectivity index (χ4n) is 3.46. The number of pyridine rings is 1. The van der Waals surface area contributed by atoms with Gasteiger partial charge in [-0.05, 0) is 24.1 Å². The number of carboxylic acid groups (broad SMARTS) is 2. The Bertz CT molecular complexity index is 1190. The van der Waals surface area contributed by atoms with Gasteiger partial charge in [-0.25, -0.2) is 9.78 Å². The molecular formula is C21H16N2O4. The van der Waals surface area contributed by atoms with Crippen molar-refractivity contribution in [1.29, 1.82) is 0 Å². The molecule has 0 saturated carbocycles. The lowest BCUT2D eigenvalue weighted by Crippen LogP contribution is -2.09. The third kappa shape index (κ3) is 2.91. The molecule has 0 aliphatic rings. The van der Waals surface area contributed by atoms with Crippen molar-refractivity contribution in [2.24, 2.45) is 0 Å². The summed E-state index contributed by atoms with van der Waals surface area (Å²) in [4.78, 5) is 31.1. The molecule has 0 radical (unpaired) electrons. The van der Waals surface area contributed by atoms with Crippen LogP contribution in [0.1, 0.15) is 22.3 Å². The number of hydrogen-bond acceptors (Lipinski definition) is 3. The zero-order chi connectivity index (χ0) is 19.0. The van der Waals surface area contributed by atoms with E-state index in [9.17, 15) is 14.7 Å². The summed E-state index contributed by atoms with van der Waals surface area (Å²) < 4.78 is 0. The van der Waals surface area contributed by atoms with E-state index in [2.05, 4.69) is 4.98 Å². The average Bonchev–Trinajstić information content (AvgIpc) is 3.08. The molecule has 4 rings (SSSR count). The van der Waals surface area contributed by atoms with Crippen molar-refractivity contribution in [3.63, 3.8) is 0 Å². The molecule has 0 saturated heterocycles. The van der Waals surface area contributed by atoms with E-state index >= 15 is 0 Å². The van der Waals surface area contributed by atoms with Crippen molar-refractivity contribution >= 4 is 33.7 Å². The van der Waals surface area contributed by atoms with Crippen LogP contribution >= 0.6 is 0 Å². The van der Waals surface area contributed by atoms with Crippen molar-refractivity contribution in [3.05, 3.63) is 65.9 Å². The molecular weight excluding hydrogens is 344 g/mol. The first-order valence-corrected chi connectivity index (χ1v) is 8.49. The minimum atomic E-state index is -1.09. The number of aliphatic carboxylic acids is 1. The van der Waals surface area contributed by atoms with Crippen molar-refractivity contribution in [3.8, 4) is 11.3 Å². The Hall–Kier alpha value is -3.67. The zero-order valence-electron chi connectivity index (χ0n) is 14.3. The Morgan fingerprint density at radius 1 is 0.963 bits per heavy atom. The molecule has 4 aromatic rings. The topological polar surface area (TPSA) is 103 Å². The third-order valence-electron chi connectivity index (χ3n) is 4.64. The van der Waals surface area contributed by atoms with E-state index in [1.165, 1.54) is 0 Å². The molecule has 0 bridgehead atoms. The van der Waals surface area contributed by atoms with Crippen LogP contribution in [0.3, 0.4) is 0 Å². The molecule has 6 nitrogen and oxygen atoms in total. The average molecular weight is 360 g/mol. The molecule has 6 heteroatoms. The molecule has 0 aliphatic heterocycles. The first-order chi connectivity index (χ1) is 13.1. The number of benzene rings is 2. The van der Waals surface area contributed by atoms with Gasteiger partial charge in [0.05, 0.1) is 16.8 Å². The second-order valence-corrected chi connectivity index (χ2v) is 6.28. The second kappa shape index (κ2) is 6.57. The summed E-state index contributed by atoms with van der Waals surface area (Å²) in [5.74, 6) is -2.07. The molecule has 3 N–H and O–H groups in total. The lowest BCUT2D eigenvalue weighted by molar-refractivity contribution is -0.136. The predicted molar refractivity (Wildman–Crippen MR) is 102 cm³/mol. The lowest BCUT2D eigenvalue weighted by atomic mass is 9.93. The summed E-state index contributed by atoms with van der Waals surface area (Å²) in [5.41, 5.74) is 3.29. The number of aromatic amines is 1. The van der Waals surface area contributed by atoms with E-state index in [1.807, 2.05) is 24.3 Å². The number of nitrogens with zero attached hydrogens (tertiary/aromatic N) is 1. The van der Waals surface area contributed by atoms with Gasteiger partial charge in [0.1, 0.15) is 0 Å². The van der Waals surface area contributed by atoms with E-state index in [0.29, 0.717) is 22.2 Å². The number of para-hydroxylation sites is 2. The highest BCUT2D eigenvalue weighted by Gasteiger charge is 2.23. The molecule has 0 fully saturated rings. The van der Waals surface area contributed by atoms with Crippen LogP contribution in [-0.2, 0) is 11.2 Å². The first-order valence-electron chi connectivity index (χ1n) is 8.49. The van der Waals surface area contributed by atoms with Gasteiger partial charge in [-0.15, -0.1) is 0 Å². The Morgan fingerprint density at radius 2 is 1.67 bits per heavy atom. The maximum atomic E-state index is 12.1. The van der Waals surface area contributed by atoms with E-state index in [0.717, 1.165) is 16.5 Å². The van der Waals surface area contributed by atoms with Gasteiger partial charge in [0.25, 0.3) is 0 Å². The van der Waals surface area contributed by atoms with Crippen molar-refractivity contribution in [2.75, 3.05) is 0 Å². The Labute approximate surface area is 154 Å². The van der Waals surface area contributed by atoms with E-state index in [1.54, 1.807) is 30.5 Å². The molecule has 2 heterocycles. The highest BCUT2D eigenvalue weighted by molar-refractivity contribution is 6.07. The monoisotopic (exact) mass is 360 g/mol. The summed E-state index contributed by atoms with van der Waals surface area (Å²) in [6.07, 6.45) is 1.71. The molecule has 0 unspecified atom stereocenters. The van der Waals surface area contributed by atoms with Crippen LogP contribution in [0, 0.1) is 0 Å². The molecule has 134 valence electrons. The molecule has 2 aromatic carbocycles. The summed E-state index contributed by atoms with van der Waals surface area (Å²) >= 11 is 0. The minimum absolute atomic E-state index is 0.0869. The van der Waals surface area contributed by atoms with Gasteiger partial charge in [0.2, 0.25) is 0 Å². The van der Waals surface area contributed by atoms with Gasteiger partial charge in [0.15, 0.2) is 0 Å². The number of carbonyl (C=O) groups is 2. The van der Waals surface area contributed by atoms with Crippen LogP contribution in [0.2, 0.25) is 0 Å². The fraction of sp³-hybridized carbons (Fsp3) is 0.0952. The summed E-state index contributed by atoms with van der Waals surface area (Å²) in [6, 6.07) is 14.7. The molecule has 27 heavy (non-hydrogen) atoms. The lowest BCUT2D eigenvalue weighted by Gasteiger charge is -2.14. The molecule has 0 atom stereocenters. The number of aromatic carboxylic acids is 1. The summed E-state index contributed by atoms with van der Waals surface area (Å²) in [6.45, 7) is 0. The van der Waals surface area contributed by atoms with Crippen LogP contribution < -0.4 is 0 Å². The molecule has 0 amide bonds. The first kappa shape index (κ1) is 16.8. The van der Waals surface area contributed by atoms with Gasteiger partial charge in [-0.1, -0.05) is 36.4 Å². The van der Waals surface area contributed by atoms with Crippen molar-refractivity contribution in [2.45, 2.75) is 12.8 Å². The number of fused-ring (bicyclic) bond motifs is 2. The van der Waals surface area contributed by atoms with Crippen molar-refractivity contribution in [1.82, 2.24) is 9.97 Å². The SMILES string of the molecule is O=C(O)CCc1c(-c2c[nH]c3ccccc23)nc2ccccc2c1C(=O)O.